The van der Waals surface area contributed by atoms with E-state index in [1.165, 1.54) is 12.8 Å². The molecular formula is C15H24ClN3. The Balaban J connectivity index is 2.07. The maximum Gasteiger partial charge on any atom is 0.0642 e. The quantitative estimate of drug-likeness (QED) is 0.925. The molecule has 1 fully saturated rings. The van der Waals surface area contributed by atoms with Crippen molar-refractivity contribution in [2.75, 3.05) is 32.1 Å². The van der Waals surface area contributed by atoms with Gasteiger partial charge in [-0.3, -0.25) is 0 Å². The standard InChI is InChI=1S/C15H24ClN3/c1-11(17)12-4-5-15(14(16)10-12)19-8-6-13(7-9-19)18(2)3/h4-5,10-11,13H,6-9,17H2,1-3H3/t11-/m0/s1. The Morgan fingerprint density at radius 2 is 1.95 bits per heavy atom. The van der Waals surface area contributed by atoms with Gasteiger partial charge < -0.3 is 15.5 Å². The Morgan fingerprint density at radius 1 is 1.32 bits per heavy atom. The fourth-order valence-corrected chi connectivity index (χ4v) is 2.99. The van der Waals surface area contributed by atoms with Gasteiger partial charge in [0.2, 0.25) is 0 Å². The lowest BCUT2D eigenvalue weighted by Gasteiger charge is -2.37. The van der Waals surface area contributed by atoms with E-state index in [4.69, 9.17) is 17.3 Å². The number of anilines is 1. The minimum Gasteiger partial charge on any atom is -0.370 e. The fourth-order valence-electron chi connectivity index (χ4n) is 2.69. The lowest BCUT2D eigenvalue weighted by molar-refractivity contribution is 0.249. The van der Waals surface area contributed by atoms with Crippen molar-refractivity contribution in [1.82, 2.24) is 4.90 Å². The summed E-state index contributed by atoms with van der Waals surface area (Å²) in [5, 5.41) is 0.818. The second-order valence-corrected chi connectivity index (χ2v) is 6.09. The molecular weight excluding hydrogens is 258 g/mol. The number of rotatable bonds is 3. The van der Waals surface area contributed by atoms with Crippen LogP contribution >= 0.6 is 11.6 Å². The second kappa shape index (κ2) is 6.12. The Kier molecular flexibility index (Phi) is 4.71. The maximum absolute atomic E-state index is 6.40. The SMILES string of the molecule is C[C@H](N)c1ccc(N2CCC(N(C)C)CC2)c(Cl)c1. The van der Waals surface area contributed by atoms with Crippen LogP contribution in [0.25, 0.3) is 0 Å². The van der Waals surface area contributed by atoms with E-state index in [0.29, 0.717) is 6.04 Å². The molecule has 0 aliphatic carbocycles. The molecule has 0 amide bonds. The molecule has 0 radical (unpaired) electrons. The zero-order valence-electron chi connectivity index (χ0n) is 12.1. The van der Waals surface area contributed by atoms with Crippen LogP contribution in [0.2, 0.25) is 5.02 Å². The highest BCUT2D eigenvalue weighted by molar-refractivity contribution is 6.33. The van der Waals surface area contributed by atoms with Crippen molar-refractivity contribution in [3.05, 3.63) is 28.8 Å². The maximum atomic E-state index is 6.40. The van der Waals surface area contributed by atoms with Crippen LogP contribution in [0.3, 0.4) is 0 Å². The van der Waals surface area contributed by atoms with Crippen molar-refractivity contribution in [2.45, 2.75) is 31.8 Å². The van der Waals surface area contributed by atoms with Gasteiger partial charge in [-0.05, 0) is 51.6 Å². The van der Waals surface area contributed by atoms with Gasteiger partial charge in [0.05, 0.1) is 10.7 Å². The third-order valence-electron chi connectivity index (χ3n) is 4.03. The molecule has 2 N–H and O–H groups in total. The van der Waals surface area contributed by atoms with Crippen molar-refractivity contribution in [2.24, 2.45) is 5.73 Å². The molecule has 1 atom stereocenters. The summed E-state index contributed by atoms with van der Waals surface area (Å²) in [5.41, 5.74) is 8.12. The number of halogens is 1. The molecule has 0 saturated carbocycles. The predicted octanol–water partition coefficient (Wildman–Crippen LogP) is 2.89. The van der Waals surface area contributed by atoms with Crippen LogP contribution in [0.5, 0.6) is 0 Å². The van der Waals surface area contributed by atoms with Crippen molar-refractivity contribution in [3.63, 3.8) is 0 Å². The average molecular weight is 282 g/mol. The number of hydrogen-bond donors (Lipinski definition) is 1. The molecule has 1 aliphatic rings. The predicted molar refractivity (Wildman–Crippen MR) is 83.0 cm³/mol. The normalized spacial score (nSPS) is 18.9. The molecule has 1 aliphatic heterocycles. The van der Waals surface area contributed by atoms with E-state index >= 15 is 0 Å². The van der Waals surface area contributed by atoms with Crippen LogP contribution < -0.4 is 10.6 Å². The smallest absolute Gasteiger partial charge is 0.0642 e. The summed E-state index contributed by atoms with van der Waals surface area (Å²) in [6.45, 7) is 4.12. The van der Waals surface area contributed by atoms with Crippen molar-refractivity contribution in [1.29, 1.82) is 0 Å². The van der Waals surface area contributed by atoms with Crippen LogP contribution in [0, 0.1) is 0 Å². The highest BCUT2D eigenvalue weighted by Gasteiger charge is 2.22. The van der Waals surface area contributed by atoms with Crippen LogP contribution in [0.15, 0.2) is 18.2 Å². The van der Waals surface area contributed by atoms with Crippen molar-refractivity contribution >= 4 is 17.3 Å². The topological polar surface area (TPSA) is 32.5 Å². The van der Waals surface area contributed by atoms with Crippen molar-refractivity contribution < 1.29 is 0 Å². The molecule has 1 heterocycles. The molecule has 0 aromatic heterocycles. The first kappa shape index (κ1) is 14.6. The molecule has 1 aromatic carbocycles. The molecule has 0 bridgehead atoms. The molecule has 0 spiro atoms. The van der Waals surface area contributed by atoms with E-state index in [2.05, 4.69) is 36.0 Å². The summed E-state index contributed by atoms with van der Waals surface area (Å²) in [6, 6.07) is 6.92. The third kappa shape index (κ3) is 3.41. The minimum absolute atomic E-state index is 0.0334. The van der Waals surface area contributed by atoms with Crippen LogP contribution in [0.1, 0.15) is 31.4 Å². The van der Waals surface area contributed by atoms with E-state index < -0.39 is 0 Å². The zero-order valence-corrected chi connectivity index (χ0v) is 12.8. The van der Waals surface area contributed by atoms with Gasteiger partial charge >= 0.3 is 0 Å². The largest absolute Gasteiger partial charge is 0.370 e. The highest BCUT2D eigenvalue weighted by Crippen LogP contribution is 2.31. The first-order valence-corrected chi connectivity index (χ1v) is 7.33. The minimum atomic E-state index is 0.0334. The zero-order chi connectivity index (χ0) is 14.0. The molecule has 1 saturated heterocycles. The summed E-state index contributed by atoms with van der Waals surface area (Å²) in [7, 11) is 4.31. The molecule has 1 aromatic rings. The van der Waals surface area contributed by atoms with Crippen LogP contribution in [-0.4, -0.2) is 38.1 Å². The first-order chi connectivity index (χ1) is 8.99. The van der Waals surface area contributed by atoms with E-state index in [1.54, 1.807) is 0 Å². The molecule has 3 nitrogen and oxygen atoms in total. The number of nitrogens with two attached hydrogens (primary N) is 1. The highest BCUT2D eigenvalue weighted by atomic mass is 35.5. The summed E-state index contributed by atoms with van der Waals surface area (Å²) in [5.74, 6) is 0. The Morgan fingerprint density at radius 3 is 2.42 bits per heavy atom. The third-order valence-corrected chi connectivity index (χ3v) is 4.34. The Labute approximate surface area is 121 Å². The van der Waals surface area contributed by atoms with Crippen LogP contribution in [0.4, 0.5) is 5.69 Å². The summed E-state index contributed by atoms with van der Waals surface area (Å²) in [4.78, 5) is 4.70. The van der Waals surface area contributed by atoms with Gasteiger partial charge in [-0.1, -0.05) is 17.7 Å². The average Bonchev–Trinajstić information content (AvgIpc) is 2.38. The lowest BCUT2D eigenvalue weighted by Crippen LogP contribution is -2.42. The summed E-state index contributed by atoms with van der Waals surface area (Å²) >= 11 is 6.40. The van der Waals surface area contributed by atoms with E-state index in [-0.39, 0.29) is 6.04 Å². The van der Waals surface area contributed by atoms with Crippen molar-refractivity contribution in [3.8, 4) is 0 Å². The molecule has 19 heavy (non-hydrogen) atoms. The monoisotopic (exact) mass is 281 g/mol. The van der Waals surface area contributed by atoms with Gasteiger partial charge in [-0.25, -0.2) is 0 Å². The van der Waals surface area contributed by atoms with Gasteiger partial charge in [0.25, 0.3) is 0 Å². The van der Waals surface area contributed by atoms with Gasteiger partial charge in [0, 0.05) is 25.2 Å². The summed E-state index contributed by atoms with van der Waals surface area (Å²) < 4.78 is 0. The lowest BCUT2D eigenvalue weighted by atomic mass is 10.0. The Hall–Kier alpha value is -0.770. The van der Waals surface area contributed by atoms with E-state index in [0.717, 1.165) is 29.4 Å². The van der Waals surface area contributed by atoms with Gasteiger partial charge in [-0.2, -0.15) is 0 Å². The Bertz CT molecular complexity index is 423. The van der Waals surface area contributed by atoms with Crippen LogP contribution in [-0.2, 0) is 0 Å². The number of benzene rings is 1. The van der Waals surface area contributed by atoms with Gasteiger partial charge in [0.1, 0.15) is 0 Å². The first-order valence-electron chi connectivity index (χ1n) is 6.95. The molecule has 2 rings (SSSR count). The number of piperidine rings is 1. The van der Waals surface area contributed by atoms with Gasteiger partial charge in [-0.15, -0.1) is 0 Å². The number of nitrogens with zero attached hydrogens (tertiary/aromatic N) is 2. The molecule has 0 unspecified atom stereocenters. The van der Waals surface area contributed by atoms with E-state index in [1.807, 2.05) is 13.0 Å². The molecule has 4 heteroatoms. The van der Waals surface area contributed by atoms with E-state index in [9.17, 15) is 0 Å². The van der Waals surface area contributed by atoms with Gasteiger partial charge in [0.15, 0.2) is 0 Å². The fraction of sp³-hybridized carbons (Fsp3) is 0.600. The summed E-state index contributed by atoms with van der Waals surface area (Å²) in [6.07, 6.45) is 2.39. The number of hydrogen-bond acceptors (Lipinski definition) is 3. The molecule has 106 valence electrons. The second-order valence-electron chi connectivity index (χ2n) is 5.68.